The molecule has 0 radical (unpaired) electrons. The molecule has 0 heterocycles. The number of carbonyl (C=O) groups excluding carboxylic acids is 1. The summed E-state index contributed by atoms with van der Waals surface area (Å²) in [5, 5.41) is 7.41. The van der Waals surface area contributed by atoms with Crippen LogP contribution in [0.15, 0.2) is 84.0 Å². The molecule has 0 saturated carbocycles. The van der Waals surface area contributed by atoms with E-state index in [1.165, 1.54) is 0 Å². The van der Waals surface area contributed by atoms with Crippen LogP contribution in [0.3, 0.4) is 0 Å². The lowest BCUT2D eigenvalue weighted by Gasteiger charge is -2.38. The van der Waals surface area contributed by atoms with Crippen molar-refractivity contribution in [1.29, 1.82) is 0 Å². The lowest BCUT2D eigenvalue weighted by atomic mass is 9.79. The van der Waals surface area contributed by atoms with Crippen molar-refractivity contribution < 1.29 is 17.9 Å². The van der Waals surface area contributed by atoms with E-state index < -0.39 is 47.3 Å². The average Bonchev–Trinajstić information content (AvgIpc) is 3.24. The molecule has 0 saturated heterocycles. The molecule has 0 aliphatic heterocycles. The Morgan fingerprint density at radius 1 is 0.955 bits per heavy atom. The Hall–Kier alpha value is -3.47. The summed E-state index contributed by atoms with van der Waals surface area (Å²) < 4.78 is 35.1. The lowest BCUT2D eigenvalue weighted by molar-refractivity contribution is -0.158. The minimum atomic E-state index is -3.72. The van der Waals surface area contributed by atoms with Gasteiger partial charge in [0.15, 0.2) is 0 Å². The van der Waals surface area contributed by atoms with E-state index in [0.717, 1.165) is 27.8 Å². The smallest absolute Gasteiger partial charge is 0.323 e. The highest BCUT2D eigenvalue weighted by Crippen LogP contribution is 2.51. The van der Waals surface area contributed by atoms with E-state index >= 15 is 0 Å². The van der Waals surface area contributed by atoms with E-state index in [0.29, 0.717) is 6.04 Å². The van der Waals surface area contributed by atoms with Crippen molar-refractivity contribution >= 4 is 24.1 Å². The molecule has 0 unspecified atom stereocenters. The number of nitrogens with one attached hydrogen (secondary N) is 2. The number of azide groups is 1. The maximum Gasteiger partial charge on any atom is 0.323 e. The summed E-state index contributed by atoms with van der Waals surface area (Å²) in [6.45, 7) is 11.6. The monoisotopic (exact) mass is 633 g/mol. The van der Waals surface area contributed by atoms with Crippen molar-refractivity contribution in [1.82, 2.24) is 10.0 Å². The maximum atomic E-state index is 14.0. The number of nitrogens with zero attached hydrogens (tertiary/aromatic N) is 3. The fourth-order valence-corrected chi connectivity index (χ4v) is 9.98. The minimum absolute atomic E-state index is 0.000965. The highest BCUT2D eigenvalue weighted by atomic mass is 32.2. The number of ether oxygens (including phenoxy) is 1. The number of rotatable bonds is 13. The Bertz CT molecular complexity index is 1580. The van der Waals surface area contributed by atoms with Crippen molar-refractivity contribution in [3.05, 3.63) is 106 Å². The third kappa shape index (κ3) is 7.97. The van der Waals surface area contributed by atoms with Crippen LogP contribution >= 0.6 is 0 Å². The van der Waals surface area contributed by atoms with Crippen LogP contribution in [0, 0.1) is 0 Å². The summed E-state index contributed by atoms with van der Waals surface area (Å²) >= 11 is 0. The van der Waals surface area contributed by atoms with E-state index in [4.69, 9.17) is 10.3 Å². The summed E-state index contributed by atoms with van der Waals surface area (Å²) in [4.78, 5) is 16.9. The molecule has 3 aromatic rings. The largest absolute Gasteiger partial charge is 0.459 e. The predicted molar refractivity (Wildman–Crippen MR) is 178 cm³/mol. The molecule has 9 nitrogen and oxygen atoms in total. The summed E-state index contributed by atoms with van der Waals surface area (Å²) in [7, 11) is -5.37. The molecular formula is C33H43N5O4SSi. The topological polar surface area (TPSA) is 133 Å². The van der Waals surface area contributed by atoms with Gasteiger partial charge in [-0.3, -0.25) is 10.1 Å². The Morgan fingerprint density at radius 2 is 1.50 bits per heavy atom. The first-order valence-corrected chi connectivity index (χ1v) is 20.3. The van der Waals surface area contributed by atoms with Gasteiger partial charge in [-0.2, -0.15) is 0 Å². The van der Waals surface area contributed by atoms with Crippen LogP contribution in [0.5, 0.6) is 0 Å². The van der Waals surface area contributed by atoms with Crippen molar-refractivity contribution in [2.75, 3.05) is 12.3 Å². The first-order chi connectivity index (χ1) is 20.7. The molecule has 4 rings (SSSR count). The van der Waals surface area contributed by atoms with Crippen LogP contribution in [0.25, 0.3) is 21.6 Å². The number of esters is 1. The number of benzene rings is 3. The summed E-state index contributed by atoms with van der Waals surface area (Å²) in [5.74, 6) is -0.559. The molecule has 1 aliphatic rings. The van der Waals surface area contributed by atoms with E-state index in [1.807, 2.05) is 54.6 Å². The van der Waals surface area contributed by atoms with Crippen LogP contribution in [0.4, 0.5) is 0 Å². The molecule has 11 heteroatoms. The van der Waals surface area contributed by atoms with Crippen LogP contribution < -0.4 is 10.0 Å². The second-order valence-electron chi connectivity index (χ2n) is 13.5. The SMILES string of the molecule is CC(C)(C)OC(=O)[C@H](C[C@H](CN=[N+]=[N-])NS(=O)(=O)CC[Si](C)(C)C)NC1(c2ccccc2)c2ccccc2-c2ccccc21. The van der Waals surface area contributed by atoms with Crippen molar-refractivity contribution in [3.8, 4) is 11.1 Å². The van der Waals surface area contributed by atoms with Gasteiger partial charge in [0.2, 0.25) is 10.0 Å². The number of carbonyl (C=O) groups is 1. The van der Waals surface area contributed by atoms with Crippen molar-refractivity contribution in [3.63, 3.8) is 0 Å². The van der Waals surface area contributed by atoms with Crippen molar-refractivity contribution in [2.24, 2.45) is 5.11 Å². The number of sulfonamides is 1. The first kappa shape index (κ1) is 33.4. The molecule has 0 amide bonds. The molecule has 2 N–H and O–H groups in total. The van der Waals surface area contributed by atoms with Gasteiger partial charge >= 0.3 is 5.97 Å². The zero-order chi connectivity index (χ0) is 32.2. The number of fused-ring (bicyclic) bond motifs is 3. The predicted octanol–water partition coefficient (Wildman–Crippen LogP) is 6.59. The molecule has 2 atom stereocenters. The molecule has 0 bridgehead atoms. The summed E-state index contributed by atoms with van der Waals surface area (Å²) in [6, 6.07) is 24.8. The number of hydrogen-bond donors (Lipinski definition) is 2. The average molecular weight is 634 g/mol. The van der Waals surface area contributed by atoms with Gasteiger partial charge in [0.25, 0.3) is 0 Å². The van der Waals surface area contributed by atoms with Gasteiger partial charge in [0.1, 0.15) is 11.6 Å². The second kappa shape index (κ2) is 13.3. The Kier molecular flexibility index (Phi) is 10.1. The lowest BCUT2D eigenvalue weighted by Crippen LogP contribution is -2.55. The molecule has 44 heavy (non-hydrogen) atoms. The van der Waals surface area contributed by atoms with E-state index in [9.17, 15) is 13.2 Å². The fourth-order valence-electron chi connectivity index (χ4n) is 5.65. The quantitative estimate of drug-likeness (QED) is 0.0721. The molecule has 3 aromatic carbocycles. The number of hydrogen-bond acceptors (Lipinski definition) is 6. The second-order valence-corrected chi connectivity index (χ2v) is 21.0. The van der Waals surface area contributed by atoms with Crippen molar-refractivity contribution in [2.45, 2.75) is 76.1 Å². The third-order valence-electron chi connectivity index (χ3n) is 7.59. The van der Waals surface area contributed by atoms with E-state index in [2.05, 4.69) is 64.0 Å². The van der Waals surface area contributed by atoms with Gasteiger partial charge in [0.05, 0.1) is 11.3 Å². The van der Waals surface area contributed by atoms with Gasteiger partial charge in [-0.05, 0) is 66.6 Å². The van der Waals surface area contributed by atoms with E-state index in [-0.39, 0.29) is 18.7 Å². The molecule has 234 valence electrons. The standard InChI is InChI=1S/C33H43N5O4SSi/c1-32(2,3)42-31(39)30(22-25(23-35-38-34)37-43(40,41)20-21-44(4,5)6)36-33(24-14-8-7-9-15-24)28-18-12-10-16-26(28)27-17-11-13-19-29(27)33/h7-19,25,30,36-37H,20-23H2,1-6H3/t25-,30+/m1/s1. The summed E-state index contributed by atoms with van der Waals surface area (Å²) in [5.41, 5.74) is 12.4. The normalized spacial score (nSPS) is 15.4. The van der Waals surface area contributed by atoms with E-state index in [1.54, 1.807) is 20.8 Å². The van der Waals surface area contributed by atoms with Crippen LogP contribution in [0.2, 0.25) is 25.7 Å². The van der Waals surface area contributed by atoms with Crippen LogP contribution in [-0.2, 0) is 25.1 Å². The van der Waals surface area contributed by atoms with Crippen LogP contribution in [-0.4, -0.2) is 52.4 Å². The molecular weight excluding hydrogens is 591 g/mol. The molecule has 1 aliphatic carbocycles. The maximum absolute atomic E-state index is 14.0. The molecule has 0 spiro atoms. The highest BCUT2D eigenvalue weighted by molar-refractivity contribution is 7.89. The van der Waals surface area contributed by atoms with Crippen LogP contribution in [0.1, 0.15) is 43.9 Å². The Balaban J connectivity index is 1.83. The molecule has 0 aromatic heterocycles. The van der Waals surface area contributed by atoms with Gasteiger partial charge in [-0.25, -0.2) is 13.1 Å². The molecule has 0 fully saturated rings. The Morgan fingerprint density at radius 3 is 2.02 bits per heavy atom. The van der Waals surface area contributed by atoms with Gasteiger partial charge in [0, 0.05) is 25.6 Å². The van der Waals surface area contributed by atoms with Gasteiger partial charge < -0.3 is 4.74 Å². The first-order valence-electron chi connectivity index (χ1n) is 14.9. The zero-order valence-electron chi connectivity index (χ0n) is 26.4. The van der Waals surface area contributed by atoms with Gasteiger partial charge in [-0.1, -0.05) is 104 Å². The summed E-state index contributed by atoms with van der Waals surface area (Å²) in [6.07, 6.45) is -0.000965. The zero-order valence-corrected chi connectivity index (χ0v) is 28.2. The fraction of sp³-hybridized carbons (Fsp3) is 0.424. The minimum Gasteiger partial charge on any atom is -0.459 e. The highest BCUT2D eigenvalue weighted by Gasteiger charge is 2.47. The van der Waals surface area contributed by atoms with Gasteiger partial charge in [-0.15, -0.1) is 0 Å². The third-order valence-corrected chi connectivity index (χ3v) is 11.1. The Labute approximate surface area is 262 Å².